The molecule has 0 saturated heterocycles. The summed E-state index contributed by atoms with van der Waals surface area (Å²) in [5, 5.41) is 0. The molecule has 0 aromatic heterocycles. The highest BCUT2D eigenvalue weighted by molar-refractivity contribution is 6.13. The smallest absolute Gasteiger partial charge is 0.333 e. The zero-order valence-corrected chi connectivity index (χ0v) is 15.5. The zero-order valence-electron chi connectivity index (χ0n) is 13.5. The number of hydrogen-bond acceptors (Lipinski definition) is 4. The van der Waals surface area contributed by atoms with Gasteiger partial charge in [-0.15, -0.1) is 0 Å². The van der Waals surface area contributed by atoms with Crippen LogP contribution in [0, 0.1) is 0 Å². The van der Waals surface area contributed by atoms with Crippen LogP contribution in [-0.2, 0) is 19.0 Å². The van der Waals surface area contributed by atoms with Gasteiger partial charge in [-0.25, -0.2) is 4.79 Å². The second-order valence-corrected chi connectivity index (χ2v) is 6.73. The Labute approximate surface area is 126 Å². The van der Waals surface area contributed by atoms with Crippen molar-refractivity contribution in [1.29, 1.82) is 0 Å². The van der Waals surface area contributed by atoms with E-state index in [1.807, 2.05) is 0 Å². The van der Waals surface area contributed by atoms with Gasteiger partial charge in [0.15, 0.2) is 0 Å². The molecule has 20 heavy (non-hydrogen) atoms. The lowest BCUT2D eigenvalue weighted by molar-refractivity contribution is -0.189. The predicted octanol–water partition coefficient (Wildman–Crippen LogP) is 2.15. The standard InChI is InChI=1S/C15H30O4Si/c1-5-7-10-18-15(20,19-11-8-6-2)9-12-17-14(16)13(3)4/h3,5-12H2,1-2,4,20H3. The topological polar surface area (TPSA) is 44.8 Å². The number of carbonyl (C=O) groups excluding carboxylic acids is 1. The summed E-state index contributed by atoms with van der Waals surface area (Å²) in [5.41, 5.74) is -0.123. The first-order chi connectivity index (χ1) is 9.45. The van der Waals surface area contributed by atoms with Crippen LogP contribution >= 0.6 is 0 Å². The van der Waals surface area contributed by atoms with E-state index >= 15 is 0 Å². The van der Waals surface area contributed by atoms with E-state index in [0.717, 1.165) is 35.9 Å². The highest BCUT2D eigenvalue weighted by Crippen LogP contribution is 2.16. The minimum absolute atomic E-state index is 0.313. The summed E-state index contributed by atoms with van der Waals surface area (Å²) in [6.07, 6.45) is 4.82. The molecule has 0 aliphatic rings. The van der Waals surface area contributed by atoms with Crippen LogP contribution in [0.1, 0.15) is 52.9 Å². The summed E-state index contributed by atoms with van der Waals surface area (Å²) in [7, 11) is 0.750. The van der Waals surface area contributed by atoms with Gasteiger partial charge in [0.2, 0.25) is 0 Å². The Hall–Kier alpha value is -0.653. The van der Waals surface area contributed by atoms with E-state index in [2.05, 4.69) is 20.4 Å². The summed E-state index contributed by atoms with van der Waals surface area (Å²) in [6, 6.07) is 0. The fourth-order valence-corrected chi connectivity index (χ4v) is 2.12. The van der Waals surface area contributed by atoms with Crippen molar-refractivity contribution in [3.8, 4) is 0 Å². The second kappa shape index (κ2) is 11.1. The molecular formula is C15H30O4Si. The normalized spacial score (nSPS) is 11.6. The van der Waals surface area contributed by atoms with Crippen LogP contribution in [0.5, 0.6) is 0 Å². The zero-order chi connectivity index (χ0) is 15.4. The molecule has 118 valence electrons. The molecule has 0 N–H and O–H groups in total. The van der Waals surface area contributed by atoms with Crippen LogP contribution < -0.4 is 0 Å². The van der Waals surface area contributed by atoms with Gasteiger partial charge >= 0.3 is 5.97 Å². The van der Waals surface area contributed by atoms with E-state index in [1.54, 1.807) is 6.92 Å². The highest BCUT2D eigenvalue weighted by Gasteiger charge is 2.25. The fourth-order valence-electron chi connectivity index (χ4n) is 1.50. The molecule has 4 nitrogen and oxygen atoms in total. The van der Waals surface area contributed by atoms with Gasteiger partial charge in [-0.05, 0) is 19.8 Å². The Morgan fingerprint density at radius 1 is 1.10 bits per heavy atom. The molecule has 0 heterocycles. The van der Waals surface area contributed by atoms with Crippen molar-refractivity contribution in [2.75, 3.05) is 19.8 Å². The maximum atomic E-state index is 11.4. The van der Waals surface area contributed by atoms with Crippen molar-refractivity contribution in [3.05, 3.63) is 12.2 Å². The lowest BCUT2D eigenvalue weighted by atomic mass is 10.3. The Bertz CT molecular complexity index is 282. The molecule has 5 heteroatoms. The first kappa shape index (κ1) is 19.3. The van der Waals surface area contributed by atoms with E-state index in [4.69, 9.17) is 14.2 Å². The van der Waals surface area contributed by atoms with Crippen molar-refractivity contribution in [3.63, 3.8) is 0 Å². The molecule has 0 bridgehead atoms. The summed E-state index contributed by atoms with van der Waals surface area (Å²) in [5.74, 6) is -0.351. The van der Waals surface area contributed by atoms with Crippen LogP contribution in [0.25, 0.3) is 0 Å². The maximum Gasteiger partial charge on any atom is 0.333 e. The van der Waals surface area contributed by atoms with Gasteiger partial charge in [0.1, 0.15) is 5.41 Å². The van der Waals surface area contributed by atoms with E-state index in [0.29, 0.717) is 31.8 Å². The van der Waals surface area contributed by atoms with Crippen molar-refractivity contribution in [2.24, 2.45) is 0 Å². The molecule has 0 aromatic carbocycles. The van der Waals surface area contributed by atoms with Crippen LogP contribution in [0.3, 0.4) is 0 Å². The molecule has 0 unspecified atom stereocenters. The monoisotopic (exact) mass is 302 g/mol. The third kappa shape index (κ3) is 9.28. The first-order valence-corrected chi connectivity index (χ1v) is 8.55. The first-order valence-electron chi connectivity index (χ1n) is 7.55. The lowest BCUT2D eigenvalue weighted by Gasteiger charge is -2.30. The molecule has 0 spiro atoms. The van der Waals surface area contributed by atoms with Crippen LogP contribution in [0.15, 0.2) is 12.2 Å². The Kier molecular flexibility index (Phi) is 10.7. The SMILES string of the molecule is C=C(C)C(=O)OCCC([SiH3])(OCCCC)OCCCC. The van der Waals surface area contributed by atoms with Gasteiger partial charge in [0, 0.05) is 25.2 Å². The molecule has 0 saturated carbocycles. The molecule has 0 radical (unpaired) electrons. The Morgan fingerprint density at radius 3 is 2.00 bits per heavy atom. The molecule has 0 fully saturated rings. The molecular weight excluding hydrogens is 272 g/mol. The minimum atomic E-state index is -0.542. The summed E-state index contributed by atoms with van der Waals surface area (Å²) >= 11 is 0. The average Bonchev–Trinajstić information content (AvgIpc) is 2.39. The third-order valence-corrected chi connectivity index (χ3v) is 4.03. The lowest BCUT2D eigenvalue weighted by Crippen LogP contribution is -2.39. The van der Waals surface area contributed by atoms with Gasteiger partial charge in [-0.1, -0.05) is 33.3 Å². The molecule has 0 rings (SSSR count). The summed E-state index contributed by atoms with van der Waals surface area (Å²) in [6.45, 7) is 11.2. The summed E-state index contributed by atoms with van der Waals surface area (Å²) < 4.78 is 16.9. The largest absolute Gasteiger partial charge is 0.462 e. The van der Waals surface area contributed by atoms with E-state index < -0.39 is 5.41 Å². The highest BCUT2D eigenvalue weighted by atomic mass is 28.1. The number of ether oxygens (including phenoxy) is 3. The maximum absolute atomic E-state index is 11.4. The number of esters is 1. The predicted molar refractivity (Wildman–Crippen MR) is 84.8 cm³/mol. The quantitative estimate of drug-likeness (QED) is 0.182. The Morgan fingerprint density at radius 2 is 1.60 bits per heavy atom. The van der Waals surface area contributed by atoms with Crippen molar-refractivity contribution >= 4 is 16.2 Å². The van der Waals surface area contributed by atoms with E-state index in [1.165, 1.54) is 0 Å². The third-order valence-electron chi connectivity index (χ3n) is 2.95. The van der Waals surface area contributed by atoms with Crippen LogP contribution in [0.2, 0.25) is 0 Å². The Balaban J connectivity index is 4.20. The van der Waals surface area contributed by atoms with Gasteiger partial charge in [0.25, 0.3) is 0 Å². The van der Waals surface area contributed by atoms with Gasteiger partial charge in [-0.2, -0.15) is 0 Å². The minimum Gasteiger partial charge on any atom is -0.462 e. The molecule has 0 aliphatic heterocycles. The molecule has 0 atom stereocenters. The van der Waals surface area contributed by atoms with Crippen molar-refractivity contribution < 1.29 is 19.0 Å². The van der Waals surface area contributed by atoms with Gasteiger partial charge in [-0.3, -0.25) is 0 Å². The summed E-state index contributed by atoms with van der Waals surface area (Å²) in [4.78, 5) is 11.4. The van der Waals surface area contributed by atoms with Gasteiger partial charge in [0.05, 0.1) is 16.8 Å². The number of hydrogen-bond donors (Lipinski definition) is 0. The number of rotatable bonds is 12. The second-order valence-electron chi connectivity index (χ2n) is 5.20. The fraction of sp³-hybridized carbons (Fsp3) is 0.800. The molecule has 0 amide bonds. The van der Waals surface area contributed by atoms with Gasteiger partial charge < -0.3 is 14.2 Å². The average molecular weight is 302 g/mol. The number of unbranched alkanes of at least 4 members (excludes halogenated alkanes) is 2. The molecule has 0 aliphatic carbocycles. The van der Waals surface area contributed by atoms with E-state index in [-0.39, 0.29) is 5.97 Å². The molecule has 0 aromatic rings. The van der Waals surface area contributed by atoms with Crippen LogP contribution in [-0.4, -0.2) is 41.4 Å². The van der Waals surface area contributed by atoms with Crippen LogP contribution in [0.4, 0.5) is 0 Å². The number of carbonyl (C=O) groups is 1. The van der Waals surface area contributed by atoms with Crippen molar-refractivity contribution in [2.45, 2.75) is 58.3 Å². The van der Waals surface area contributed by atoms with Crippen molar-refractivity contribution in [1.82, 2.24) is 0 Å². The van der Waals surface area contributed by atoms with E-state index in [9.17, 15) is 4.79 Å².